The van der Waals surface area contributed by atoms with E-state index in [1.54, 1.807) is 7.11 Å². The minimum absolute atomic E-state index is 0.281. The van der Waals surface area contributed by atoms with Crippen molar-refractivity contribution in [3.8, 4) is 0 Å². The van der Waals surface area contributed by atoms with E-state index >= 15 is 0 Å². The molecule has 0 amide bonds. The van der Waals surface area contributed by atoms with Crippen LogP contribution in [0, 0.1) is 0 Å². The topological polar surface area (TPSA) is 66.7 Å². The predicted octanol–water partition coefficient (Wildman–Crippen LogP) is 1.85. The van der Waals surface area contributed by atoms with Crippen molar-refractivity contribution < 1.29 is 4.74 Å². The average Bonchev–Trinajstić information content (AvgIpc) is 3.05. The lowest BCUT2D eigenvalue weighted by atomic mass is 9.88. The summed E-state index contributed by atoms with van der Waals surface area (Å²) in [5.41, 5.74) is 9.42. The molecule has 1 aromatic carbocycles. The van der Waals surface area contributed by atoms with Gasteiger partial charge in [-0.2, -0.15) is 0 Å². The van der Waals surface area contributed by atoms with E-state index in [0.717, 1.165) is 57.4 Å². The summed E-state index contributed by atoms with van der Waals surface area (Å²) < 4.78 is 5.21. The number of ether oxygens (including phenoxy) is 1. The normalized spacial score (nSPS) is 23.1. The molecule has 1 aromatic heterocycles. The number of piperazine rings is 1. The number of aromatic nitrogens is 1. The van der Waals surface area contributed by atoms with Gasteiger partial charge < -0.3 is 15.8 Å². The third-order valence-electron chi connectivity index (χ3n) is 5.70. The van der Waals surface area contributed by atoms with E-state index in [1.165, 1.54) is 11.1 Å². The first-order valence-electron chi connectivity index (χ1n) is 9.75. The van der Waals surface area contributed by atoms with E-state index in [2.05, 4.69) is 38.3 Å². The van der Waals surface area contributed by atoms with Gasteiger partial charge in [-0.05, 0) is 23.8 Å². The second-order valence-electron chi connectivity index (χ2n) is 7.47. The first-order valence-corrected chi connectivity index (χ1v) is 9.75. The van der Waals surface area contributed by atoms with E-state index in [1.807, 2.05) is 24.4 Å². The number of rotatable bonds is 6. The van der Waals surface area contributed by atoms with Gasteiger partial charge in [0.1, 0.15) is 5.82 Å². The van der Waals surface area contributed by atoms with Gasteiger partial charge in [-0.1, -0.05) is 18.2 Å². The monoisotopic (exact) mass is 367 g/mol. The second-order valence-corrected chi connectivity index (χ2v) is 7.47. The lowest BCUT2D eigenvalue weighted by molar-refractivity contribution is 0.0947. The molecule has 6 nitrogen and oxygen atoms in total. The Kier molecular flexibility index (Phi) is 5.57. The number of benzene rings is 1. The van der Waals surface area contributed by atoms with Crippen molar-refractivity contribution in [3.05, 3.63) is 53.7 Å². The van der Waals surface area contributed by atoms with Crippen molar-refractivity contribution in [3.63, 3.8) is 0 Å². The fourth-order valence-electron chi connectivity index (χ4n) is 4.27. The summed E-state index contributed by atoms with van der Waals surface area (Å²) >= 11 is 0. The fourth-order valence-corrected chi connectivity index (χ4v) is 4.27. The number of fused-ring (bicyclic) bond motifs is 1. The number of methoxy groups -OCH3 is 1. The summed E-state index contributed by atoms with van der Waals surface area (Å²) in [5.74, 6) is 1.29. The van der Waals surface area contributed by atoms with E-state index in [4.69, 9.17) is 10.5 Å². The van der Waals surface area contributed by atoms with Crippen molar-refractivity contribution in [2.75, 3.05) is 64.0 Å². The molecule has 1 saturated heterocycles. The van der Waals surface area contributed by atoms with Gasteiger partial charge >= 0.3 is 0 Å². The Balaban J connectivity index is 1.47. The standard InChI is InChI=1S/C21H29N5O/c1-27-13-12-25-8-10-26(11-9-25)15-19-20(16-4-2-5-17(22)14-16)18-6-3-7-23-21(18)24-19/h2-7,14,19-20H,8-13,15,22H2,1H3,(H,23,24). The van der Waals surface area contributed by atoms with Crippen LogP contribution in [0.4, 0.5) is 11.5 Å². The molecule has 0 bridgehead atoms. The molecule has 2 aliphatic rings. The molecule has 0 spiro atoms. The van der Waals surface area contributed by atoms with Crippen LogP contribution in [-0.4, -0.2) is 73.8 Å². The summed E-state index contributed by atoms with van der Waals surface area (Å²) in [6, 6.07) is 12.8. The number of anilines is 2. The van der Waals surface area contributed by atoms with Gasteiger partial charge in [-0.3, -0.25) is 9.80 Å². The van der Waals surface area contributed by atoms with E-state index in [9.17, 15) is 0 Å². The maximum Gasteiger partial charge on any atom is 0.130 e. The highest BCUT2D eigenvalue weighted by Gasteiger charge is 2.35. The first kappa shape index (κ1) is 18.2. The Morgan fingerprint density at radius 1 is 1.15 bits per heavy atom. The molecule has 0 radical (unpaired) electrons. The van der Waals surface area contributed by atoms with Crippen LogP contribution in [0.25, 0.3) is 0 Å². The average molecular weight is 367 g/mol. The number of nitrogen functional groups attached to an aromatic ring is 1. The molecule has 3 N–H and O–H groups in total. The smallest absolute Gasteiger partial charge is 0.130 e. The maximum absolute atomic E-state index is 6.07. The lowest BCUT2D eigenvalue weighted by Gasteiger charge is -2.36. The van der Waals surface area contributed by atoms with Crippen LogP contribution in [0.5, 0.6) is 0 Å². The molecule has 27 heavy (non-hydrogen) atoms. The van der Waals surface area contributed by atoms with Gasteiger partial charge in [0, 0.05) is 69.7 Å². The summed E-state index contributed by atoms with van der Waals surface area (Å²) in [5, 5.41) is 3.67. The molecule has 144 valence electrons. The molecule has 4 rings (SSSR count). The summed E-state index contributed by atoms with van der Waals surface area (Å²) in [4.78, 5) is 9.61. The van der Waals surface area contributed by atoms with Crippen LogP contribution in [0.1, 0.15) is 17.0 Å². The van der Waals surface area contributed by atoms with E-state index < -0.39 is 0 Å². The molecule has 0 aliphatic carbocycles. The van der Waals surface area contributed by atoms with Crippen molar-refractivity contribution in [1.29, 1.82) is 0 Å². The number of pyridine rings is 1. The van der Waals surface area contributed by atoms with Crippen LogP contribution < -0.4 is 11.1 Å². The molecule has 6 heteroatoms. The Hall–Kier alpha value is -2.15. The number of nitrogens with one attached hydrogen (secondary N) is 1. The van der Waals surface area contributed by atoms with Gasteiger partial charge in [0.05, 0.1) is 12.6 Å². The molecule has 1 fully saturated rings. The van der Waals surface area contributed by atoms with E-state index in [-0.39, 0.29) is 5.92 Å². The van der Waals surface area contributed by atoms with Gasteiger partial charge in [-0.25, -0.2) is 4.98 Å². The molecule has 2 aromatic rings. The number of hydrogen-bond donors (Lipinski definition) is 2. The fraction of sp³-hybridized carbons (Fsp3) is 0.476. The van der Waals surface area contributed by atoms with Crippen molar-refractivity contribution in [2.24, 2.45) is 0 Å². The summed E-state index contributed by atoms with van der Waals surface area (Å²) in [6.07, 6.45) is 1.86. The van der Waals surface area contributed by atoms with Crippen LogP contribution in [0.3, 0.4) is 0 Å². The molecular weight excluding hydrogens is 338 g/mol. The zero-order valence-corrected chi connectivity index (χ0v) is 16.0. The summed E-state index contributed by atoms with van der Waals surface area (Å²) in [6.45, 7) is 7.23. The van der Waals surface area contributed by atoms with Gasteiger partial charge in [0.25, 0.3) is 0 Å². The second kappa shape index (κ2) is 8.25. The third-order valence-corrected chi connectivity index (χ3v) is 5.70. The first-order chi connectivity index (χ1) is 13.2. The van der Waals surface area contributed by atoms with Gasteiger partial charge in [0.2, 0.25) is 0 Å². The van der Waals surface area contributed by atoms with E-state index in [0.29, 0.717) is 6.04 Å². The highest BCUT2D eigenvalue weighted by Crippen LogP contribution is 2.39. The SMILES string of the molecule is COCCN1CCN(CC2Nc3ncccc3C2c2cccc(N)c2)CC1. The van der Waals surface area contributed by atoms with Gasteiger partial charge in [-0.15, -0.1) is 0 Å². The molecule has 3 heterocycles. The minimum atomic E-state index is 0.281. The lowest BCUT2D eigenvalue weighted by Crippen LogP contribution is -2.50. The van der Waals surface area contributed by atoms with Crippen LogP contribution in [0.2, 0.25) is 0 Å². The van der Waals surface area contributed by atoms with Gasteiger partial charge in [0.15, 0.2) is 0 Å². The quantitative estimate of drug-likeness (QED) is 0.760. The Morgan fingerprint density at radius 2 is 1.96 bits per heavy atom. The maximum atomic E-state index is 6.07. The molecule has 2 aliphatic heterocycles. The Bertz CT molecular complexity index is 760. The van der Waals surface area contributed by atoms with Crippen LogP contribution in [-0.2, 0) is 4.74 Å². The third kappa shape index (κ3) is 4.08. The molecule has 2 unspecified atom stereocenters. The van der Waals surface area contributed by atoms with Crippen molar-refractivity contribution in [2.45, 2.75) is 12.0 Å². The van der Waals surface area contributed by atoms with Crippen molar-refractivity contribution >= 4 is 11.5 Å². The van der Waals surface area contributed by atoms with Crippen LogP contribution in [0.15, 0.2) is 42.6 Å². The number of nitrogens with zero attached hydrogens (tertiary/aromatic N) is 3. The zero-order valence-electron chi connectivity index (χ0n) is 16.0. The molecule has 0 saturated carbocycles. The van der Waals surface area contributed by atoms with Crippen LogP contribution >= 0.6 is 0 Å². The highest BCUT2D eigenvalue weighted by molar-refractivity contribution is 5.59. The number of hydrogen-bond acceptors (Lipinski definition) is 6. The molecular formula is C21H29N5O. The zero-order chi connectivity index (χ0) is 18.6. The minimum Gasteiger partial charge on any atom is -0.399 e. The predicted molar refractivity (Wildman–Crippen MR) is 109 cm³/mol. The largest absolute Gasteiger partial charge is 0.399 e. The Labute approximate surface area is 161 Å². The number of nitrogens with two attached hydrogens (primary N) is 1. The molecule has 2 atom stereocenters. The summed E-state index contributed by atoms with van der Waals surface area (Å²) in [7, 11) is 1.77. The Morgan fingerprint density at radius 3 is 2.74 bits per heavy atom. The van der Waals surface area contributed by atoms with Crippen molar-refractivity contribution in [1.82, 2.24) is 14.8 Å². The highest BCUT2D eigenvalue weighted by atomic mass is 16.5.